The van der Waals surface area contributed by atoms with Gasteiger partial charge in [-0.15, -0.1) is 0 Å². The molecule has 6 heteroatoms. The van der Waals surface area contributed by atoms with E-state index in [-0.39, 0.29) is 0 Å². The fourth-order valence-electron chi connectivity index (χ4n) is 3.05. The lowest BCUT2D eigenvalue weighted by Crippen LogP contribution is -2.09. The van der Waals surface area contributed by atoms with E-state index in [9.17, 15) is 5.26 Å². The third-order valence-electron chi connectivity index (χ3n) is 4.39. The summed E-state index contributed by atoms with van der Waals surface area (Å²) < 4.78 is 16.3. The highest BCUT2D eigenvalue weighted by Gasteiger charge is 2.14. The van der Waals surface area contributed by atoms with Gasteiger partial charge in [-0.05, 0) is 12.5 Å². The molecule has 0 aliphatic rings. The van der Waals surface area contributed by atoms with Gasteiger partial charge in [0.2, 0.25) is 0 Å². The number of fused-ring (bicyclic) bond motifs is 1. The Hall–Kier alpha value is -3.46. The second-order valence-electron chi connectivity index (χ2n) is 5.86. The molecule has 138 valence electrons. The Morgan fingerprint density at radius 3 is 2.37 bits per heavy atom. The molecule has 0 aliphatic carbocycles. The molecular weight excluding hydrogens is 342 g/mol. The van der Waals surface area contributed by atoms with E-state index in [4.69, 9.17) is 14.2 Å². The molecular formula is C21H21N3O3. The third kappa shape index (κ3) is 3.72. The first-order chi connectivity index (χ1) is 13.2. The van der Waals surface area contributed by atoms with Gasteiger partial charge < -0.3 is 19.5 Å². The second kappa shape index (κ2) is 8.28. The molecule has 6 nitrogen and oxygen atoms in total. The van der Waals surface area contributed by atoms with Gasteiger partial charge in [0.15, 0.2) is 0 Å². The number of rotatable bonds is 7. The lowest BCUT2D eigenvalue weighted by atomic mass is 10.1. The summed E-state index contributed by atoms with van der Waals surface area (Å²) in [4.78, 5) is 4.34. The Bertz CT molecular complexity index is 971. The monoisotopic (exact) mass is 363 g/mol. The minimum atomic E-state index is 0.516. The van der Waals surface area contributed by atoms with Crippen molar-refractivity contribution in [3.63, 3.8) is 0 Å². The van der Waals surface area contributed by atoms with E-state index < -0.39 is 0 Å². The standard InChI is InChI=1S/C21H21N3O3/c1-25-15-10-19(26-2)17(20(11-15)27-3)8-9-23-21-14(12-22)13-24-18-7-5-4-6-16(18)21/h4-7,10-11,13H,8-9H2,1-3H3,(H,23,24). The Morgan fingerprint density at radius 1 is 1.04 bits per heavy atom. The summed E-state index contributed by atoms with van der Waals surface area (Å²) in [6, 6.07) is 13.6. The normalized spacial score (nSPS) is 10.3. The number of pyridine rings is 1. The molecule has 0 atom stereocenters. The van der Waals surface area contributed by atoms with Crippen LogP contribution in [0.3, 0.4) is 0 Å². The number of ether oxygens (including phenoxy) is 3. The van der Waals surface area contributed by atoms with Crippen LogP contribution in [-0.2, 0) is 6.42 Å². The summed E-state index contributed by atoms with van der Waals surface area (Å²) in [5, 5.41) is 13.7. The number of nitrogens with one attached hydrogen (secondary N) is 1. The Balaban J connectivity index is 1.87. The summed E-state index contributed by atoms with van der Waals surface area (Å²) >= 11 is 0. The molecule has 0 fully saturated rings. The third-order valence-corrected chi connectivity index (χ3v) is 4.39. The van der Waals surface area contributed by atoms with Crippen molar-refractivity contribution in [2.75, 3.05) is 33.2 Å². The van der Waals surface area contributed by atoms with E-state index in [2.05, 4.69) is 16.4 Å². The first kappa shape index (κ1) is 18.3. The van der Waals surface area contributed by atoms with Gasteiger partial charge in [-0.3, -0.25) is 4.98 Å². The zero-order chi connectivity index (χ0) is 19.2. The lowest BCUT2D eigenvalue weighted by Gasteiger charge is -2.16. The van der Waals surface area contributed by atoms with E-state index in [1.165, 1.54) is 0 Å². The van der Waals surface area contributed by atoms with Crippen molar-refractivity contribution >= 4 is 16.6 Å². The topological polar surface area (TPSA) is 76.4 Å². The molecule has 0 saturated heterocycles. The molecule has 0 aliphatic heterocycles. The molecule has 0 radical (unpaired) electrons. The Kier molecular flexibility index (Phi) is 5.62. The number of nitriles is 1. The number of methoxy groups -OCH3 is 3. The highest BCUT2D eigenvalue weighted by atomic mass is 16.5. The van der Waals surface area contributed by atoms with Crippen molar-refractivity contribution in [3.05, 3.63) is 53.7 Å². The van der Waals surface area contributed by atoms with Gasteiger partial charge in [-0.25, -0.2) is 0 Å². The van der Waals surface area contributed by atoms with Crippen LogP contribution >= 0.6 is 0 Å². The van der Waals surface area contributed by atoms with Gasteiger partial charge in [0.25, 0.3) is 0 Å². The summed E-state index contributed by atoms with van der Waals surface area (Å²) in [5.41, 5.74) is 3.08. The Morgan fingerprint density at radius 2 is 1.74 bits per heavy atom. The molecule has 3 aromatic rings. The van der Waals surface area contributed by atoms with Crippen LogP contribution in [0.5, 0.6) is 17.2 Å². The number of hydrogen-bond donors (Lipinski definition) is 1. The molecule has 2 aromatic carbocycles. The van der Waals surface area contributed by atoms with E-state index in [1.807, 2.05) is 36.4 Å². The van der Waals surface area contributed by atoms with Crippen molar-refractivity contribution in [2.45, 2.75) is 6.42 Å². The number of para-hydroxylation sites is 1. The van der Waals surface area contributed by atoms with Crippen LogP contribution in [0.25, 0.3) is 10.9 Å². The van der Waals surface area contributed by atoms with Crippen LogP contribution in [-0.4, -0.2) is 32.9 Å². The van der Waals surface area contributed by atoms with Crippen molar-refractivity contribution < 1.29 is 14.2 Å². The maximum Gasteiger partial charge on any atom is 0.129 e. The minimum Gasteiger partial charge on any atom is -0.496 e. The molecule has 1 N–H and O–H groups in total. The van der Waals surface area contributed by atoms with Crippen LogP contribution in [0.4, 0.5) is 5.69 Å². The molecule has 0 unspecified atom stereocenters. The summed E-state index contributed by atoms with van der Waals surface area (Å²) in [7, 11) is 4.85. The molecule has 1 aromatic heterocycles. The molecule has 3 rings (SSSR count). The fourth-order valence-corrected chi connectivity index (χ4v) is 3.05. The van der Waals surface area contributed by atoms with Crippen LogP contribution in [0.2, 0.25) is 0 Å². The largest absolute Gasteiger partial charge is 0.496 e. The smallest absolute Gasteiger partial charge is 0.129 e. The summed E-state index contributed by atoms with van der Waals surface area (Å²) in [6.07, 6.45) is 2.25. The number of nitrogens with zero attached hydrogens (tertiary/aromatic N) is 2. The maximum absolute atomic E-state index is 9.43. The summed E-state index contributed by atoms with van der Waals surface area (Å²) in [6.45, 7) is 0.599. The first-order valence-corrected chi connectivity index (χ1v) is 8.52. The molecule has 27 heavy (non-hydrogen) atoms. The van der Waals surface area contributed by atoms with Gasteiger partial charge in [0.05, 0.1) is 38.1 Å². The maximum atomic E-state index is 9.43. The SMILES string of the molecule is COc1cc(OC)c(CCNc2c(C#N)cnc3ccccc23)c(OC)c1. The van der Waals surface area contributed by atoms with Gasteiger partial charge in [0.1, 0.15) is 23.3 Å². The van der Waals surface area contributed by atoms with Gasteiger partial charge in [-0.2, -0.15) is 5.26 Å². The average Bonchev–Trinajstić information content (AvgIpc) is 2.73. The van der Waals surface area contributed by atoms with Crippen molar-refractivity contribution in [3.8, 4) is 23.3 Å². The van der Waals surface area contributed by atoms with Gasteiger partial charge in [0, 0.05) is 35.8 Å². The highest BCUT2D eigenvalue weighted by molar-refractivity contribution is 5.93. The number of aromatic nitrogens is 1. The van der Waals surface area contributed by atoms with E-state index in [0.717, 1.165) is 22.2 Å². The average molecular weight is 363 g/mol. The van der Waals surface area contributed by atoms with Crippen LogP contribution < -0.4 is 19.5 Å². The van der Waals surface area contributed by atoms with E-state index >= 15 is 0 Å². The van der Waals surface area contributed by atoms with Crippen LogP contribution in [0.15, 0.2) is 42.6 Å². The zero-order valence-electron chi connectivity index (χ0n) is 15.6. The first-order valence-electron chi connectivity index (χ1n) is 8.52. The summed E-state index contributed by atoms with van der Waals surface area (Å²) in [5.74, 6) is 2.08. The second-order valence-corrected chi connectivity index (χ2v) is 5.86. The van der Waals surface area contributed by atoms with Crippen molar-refractivity contribution in [1.29, 1.82) is 5.26 Å². The lowest BCUT2D eigenvalue weighted by molar-refractivity contribution is 0.369. The molecule has 0 spiro atoms. The van der Waals surface area contributed by atoms with E-state index in [0.29, 0.717) is 35.8 Å². The van der Waals surface area contributed by atoms with Crippen molar-refractivity contribution in [1.82, 2.24) is 4.98 Å². The molecule has 0 saturated carbocycles. The predicted molar refractivity (Wildman–Crippen MR) is 105 cm³/mol. The fraction of sp³-hybridized carbons (Fsp3) is 0.238. The zero-order valence-corrected chi connectivity index (χ0v) is 15.6. The quantitative estimate of drug-likeness (QED) is 0.688. The molecule has 0 amide bonds. The van der Waals surface area contributed by atoms with Crippen molar-refractivity contribution in [2.24, 2.45) is 0 Å². The van der Waals surface area contributed by atoms with Gasteiger partial charge >= 0.3 is 0 Å². The number of benzene rings is 2. The number of hydrogen-bond acceptors (Lipinski definition) is 6. The van der Waals surface area contributed by atoms with Crippen LogP contribution in [0.1, 0.15) is 11.1 Å². The number of anilines is 1. The van der Waals surface area contributed by atoms with E-state index in [1.54, 1.807) is 27.5 Å². The molecule has 1 heterocycles. The Labute approximate surface area is 158 Å². The van der Waals surface area contributed by atoms with Gasteiger partial charge in [-0.1, -0.05) is 18.2 Å². The predicted octanol–water partition coefficient (Wildman–Crippen LogP) is 3.79. The minimum absolute atomic E-state index is 0.516. The highest BCUT2D eigenvalue weighted by Crippen LogP contribution is 2.34. The molecule has 0 bridgehead atoms. The van der Waals surface area contributed by atoms with Crippen LogP contribution in [0, 0.1) is 11.3 Å².